The second kappa shape index (κ2) is 5.90. The van der Waals surface area contributed by atoms with Crippen molar-refractivity contribution in [1.29, 1.82) is 0 Å². The molecule has 0 radical (unpaired) electrons. The van der Waals surface area contributed by atoms with E-state index in [1.165, 1.54) is 25.4 Å². The fourth-order valence-electron chi connectivity index (χ4n) is 1.62. The first kappa shape index (κ1) is 14.3. The van der Waals surface area contributed by atoms with E-state index < -0.39 is 11.7 Å². The van der Waals surface area contributed by atoms with E-state index in [9.17, 15) is 9.18 Å². The van der Waals surface area contributed by atoms with Gasteiger partial charge in [-0.3, -0.25) is 9.89 Å². The number of carbonyl (C=O) groups excluding carboxylic acids is 1. The third-order valence-corrected chi connectivity index (χ3v) is 2.68. The number of nitrogens with one attached hydrogen (secondary N) is 2. The second-order valence-electron chi connectivity index (χ2n) is 3.95. The van der Waals surface area contributed by atoms with Gasteiger partial charge in [0.25, 0.3) is 5.91 Å². The van der Waals surface area contributed by atoms with E-state index in [0.717, 1.165) is 6.07 Å². The van der Waals surface area contributed by atoms with E-state index in [1.54, 1.807) is 0 Å². The Kier molecular flexibility index (Phi) is 4.02. The standard InChI is InChI=1S/C12H12FN5O3/c1-21-9-3-2-6(4-8(9)13)12(19)16-11-7(5-15-17-11)10(14)18-20/h2-5,20H,1H3,(H2,14,18)(H2,15,16,17,19). The number of aromatic amines is 1. The van der Waals surface area contributed by atoms with Crippen LogP contribution in [0.1, 0.15) is 15.9 Å². The number of aromatic nitrogens is 2. The summed E-state index contributed by atoms with van der Waals surface area (Å²) in [6.45, 7) is 0. The largest absolute Gasteiger partial charge is 0.494 e. The van der Waals surface area contributed by atoms with Crippen LogP contribution in [0.4, 0.5) is 10.2 Å². The maximum absolute atomic E-state index is 13.6. The molecule has 0 aliphatic heterocycles. The lowest BCUT2D eigenvalue weighted by molar-refractivity contribution is 0.102. The van der Waals surface area contributed by atoms with Crippen LogP contribution in [0, 0.1) is 5.82 Å². The molecule has 0 atom stereocenters. The van der Waals surface area contributed by atoms with Gasteiger partial charge in [-0.15, -0.1) is 0 Å². The summed E-state index contributed by atoms with van der Waals surface area (Å²) in [7, 11) is 1.33. The molecule has 0 unspecified atom stereocenters. The van der Waals surface area contributed by atoms with Gasteiger partial charge in [0.1, 0.15) is 5.82 Å². The molecular formula is C12H12FN5O3. The number of amides is 1. The van der Waals surface area contributed by atoms with Crippen LogP contribution in [0.5, 0.6) is 5.75 Å². The molecule has 0 aliphatic rings. The van der Waals surface area contributed by atoms with Crippen molar-refractivity contribution in [3.63, 3.8) is 0 Å². The van der Waals surface area contributed by atoms with Gasteiger partial charge in [0, 0.05) is 5.56 Å². The highest BCUT2D eigenvalue weighted by Crippen LogP contribution is 2.19. The van der Waals surface area contributed by atoms with Crippen LogP contribution in [0.3, 0.4) is 0 Å². The average Bonchev–Trinajstić information content (AvgIpc) is 2.94. The van der Waals surface area contributed by atoms with Crippen LogP contribution in [0.15, 0.2) is 29.6 Å². The zero-order valence-corrected chi connectivity index (χ0v) is 10.9. The number of nitrogens with zero attached hydrogens (tertiary/aromatic N) is 2. The minimum atomic E-state index is -0.661. The van der Waals surface area contributed by atoms with Crippen LogP contribution in [0.2, 0.25) is 0 Å². The van der Waals surface area contributed by atoms with Gasteiger partial charge in [0.15, 0.2) is 17.4 Å². The topological polar surface area (TPSA) is 126 Å². The van der Waals surface area contributed by atoms with Crippen molar-refractivity contribution < 1.29 is 19.1 Å². The smallest absolute Gasteiger partial charge is 0.256 e. The number of halogens is 1. The molecule has 0 bridgehead atoms. The molecule has 2 aromatic rings. The number of hydrogen-bond donors (Lipinski definition) is 4. The summed E-state index contributed by atoms with van der Waals surface area (Å²) in [4.78, 5) is 12.0. The van der Waals surface area contributed by atoms with E-state index in [1.807, 2.05) is 0 Å². The Morgan fingerprint density at radius 1 is 1.57 bits per heavy atom. The van der Waals surface area contributed by atoms with E-state index in [0.29, 0.717) is 0 Å². The van der Waals surface area contributed by atoms with Gasteiger partial charge >= 0.3 is 0 Å². The predicted octanol–water partition coefficient (Wildman–Crippen LogP) is 0.904. The van der Waals surface area contributed by atoms with Gasteiger partial charge in [-0.2, -0.15) is 5.10 Å². The van der Waals surface area contributed by atoms with Crippen molar-refractivity contribution >= 4 is 17.6 Å². The zero-order chi connectivity index (χ0) is 15.4. The Morgan fingerprint density at radius 3 is 2.95 bits per heavy atom. The van der Waals surface area contributed by atoms with E-state index in [-0.39, 0.29) is 28.5 Å². The minimum Gasteiger partial charge on any atom is -0.494 e. The number of ether oxygens (including phenoxy) is 1. The summed E-state index contributed by atoms with van der Waals surface area (Å²) in [5, 5.41) is 20.1. The second-order valence-corrected chi connectivity index (χ2v) is 3.95. The quantitative estimate of drug-likeness (QED) is 0.288. The predicted molar refractivity (Wildman–Crippen MR) is 72.0 cm³/mol. The molecule has 1 amide bonds. The Morgan fingerprint density at radius 2 is 2.33 bits per heavy atom. The number of rotatable bonds is 4. The summed E-state index contributed by atoms with van der Waals surface area (Å²) in [6, 6.07) is 3.77. The van der Waals surface area contributed by atoms with Crippen molar-refractivity contribution in [1.82, 2.24) is 10.2 Å². The first-order chi connectivity index (χ1) is 10.1. The Balaban J connectivity index is 2.23. The van der Waals surface area contributed by atoms with Gasteiger partial charge in [-0.05, 0) is 18.2 Å². The molecule has 0 saturated heterocycles. The molecular weight excluding hydrogens is 281 g/mol. The van der Waals surface area contributed by atoms with Crippen LogP contribution in [-0.2, 0) is 0 Å². The molecule has 0 aliphatic carbocycles. The lowest BCUT2D eigenvalue weighted by Gasteiger charge is -2.07. The number of amidine groups is 1. The monoisotopic (exact) mass is 293 g/mol. The van der Waals surface area contributed by atoms with Crippen molar-refractivity contribution in [3.05, 3.63) is 41.3 Å². The van der Waals surface area contributed by atoms with E-state index >= 15 is 0 Å². The zero-order valence-electron chi connectivity index (χ0n) is 10.9. The highest BCUT2D eigenvalue weighted by Gasteiger charge is 2.15. The summed E-state index contributed by atoms with van der Waals surface area (Å²) in [6.07, 6.45) is 1.28. The molecule has 1 aromatic heterocycles. The molecule has 0 saturated carbocycles. The number of oxime groups is 1. The fourth-order valence-corrected chi connectivity index (χ4v) is 1.62. The van der Waals surface area contributed by atoms with Gasteiger partial charge in [0.2, 0.25) is 0 Å². The minimum absolute atomic E-state index is 0.0328. The Bertz CT molecular complexity index is 698. The summed E-state index contributed by atoms with van der Waals surface area (Å²) in [5.74, 6) is -1.31. The number of hydrogen-bond acceptors (Lipinski definition) is 5. The Labute approximate surface area is 118 Å². The summed E-state index contributed by atoms with van der Waals surface area (Å²) in [5.41, 5.74) is 5.71. The summed E-state index contributed by atoms with van der Waals surface area (Å²) >= 11 is 0. The van der Waals surface area contributed by atoms with Gasteiger partial charge in [0.05, 0.1) is 18.9 Å². The molecule has 21 heavy (non-hydrogen) atoms. The van der Waals surface area contributed by atoms with Crippen LogP contribution < -0.4 is 15.8 Å². The molecule has 9 heteroatoms. The maximum Gasteiger partial charge on any atom is 0.256 e. The normalized spacial score (nSPS) is 11.2. The fraction of sp³-hybridized carbons (Fsp3) is 0.0833. The number of nitrogens with two attached hydrogens (primary N) is 1. The lowest BCUT2D eigenvalue weighted by atomic mass is 10.2. The molecule has 2 rings (SSSR count). The third-order valence-electron chi connectivity index (χ3n) is 2.68. The van der Waals surface area contributed by atoms with Crippen molar-refractivity contribution in [2.45, 2.75) is 0 Å². The highest BCUT2D eigenvalue weighted by molar-refractivity contribution is 6.08. The molecule has 0 fully saturated rings. The van der Waals surface area contributed by atoms with Crippen LogP contribution >= 0.6 is 0 Å². The van der Waals surface area contributed by atoms with Gasteiger partial charge in [-0.25, -0.2) is 4.39 Å². The molecule has 110 valence electrons. The molecule has 8 nitrogen and oxygen atoms in total. The SMILES string of the molecule is COc1ccc(C(=O)Nc2[nH]ncc2C(N)=NO)cc1F. The maximum atomic E-state index is 13.6. The number of H-pyrrole nitrogens is 1. The number of anilines is 1. The number of carbonyl (C=O) groups is 1. The number of benzene rings is 1. The van der Waals surface area contributed by atoms with Gasteiger partial charge < -0.3 is 21.0 Å². The average molecular weight is 293 g/mol. The Hall–Kier alpha value is -3.10. The van der Waals surface area contributed by atoms with Gasteiger partial charge in [-0.1, -0.05) is 5.16 Å². The molecule has 1 heterocycles. The van der Waals surface area contributed by atoms with Crippen LogP contribution in [0.25, 0.3) is 0 Å². The molecule has 0 spiro atoms. The third kappa shape index (κ3) is 2.91. The van der Waals surface area contributed by atoms with Crippen molar-refractivity contribution in [2.24, 2.45) is 10.9 Å². The molecule has 1 aromatic carbocycles. The van der Waals surface area contributed by atoms with Crippen molar-refractivity contribution in [3.8, 4) is 5.75 Å². The van der Waals surface area contributed by atoms with Crippen molar-refractivity contribution in [2.75, 3.05) is 12.4 Å². The first-order valence-electron chi connectivity index (χ1n) is 5.73. The first-order valence-corrected chi connectivity index (χ1v) is 5.73. The lowest BCUT2D eigenvalue weighted by Crippen LogP contribution is -2.18. The van der Waals surface area contributed by atoms with E-state index in [2.05, 4.69) is 20.7 Å². The van der Waals surface area contributed by atoms with Crippen LogP contribution in [-0.4, -0.2) is 34.3 Å². The molecule has 5 N–H and O–H groups in total. The number of methoxy groups -OCH3 is 1. The highest BCUT2D eigenvalue weighted by atomic mass is 19.1. The van der Waals surface area contributed by atoms with E-state index in [4.69, 9.17) is 15.7 Å². The summed E-state index contributed by atoms with van der Waals surface area (Å²) < 4.78 is 18.3.